The third-order valence-corrected chi connectivity index (χ3v) is 7.20. The molecule has 1 aliphatic heterocycles. The Morgan fingerprint density at radius 2 is 1.81 bits per heavy atom. The molecule has 2 aromatic rings. The Bertz CT molecular complexity index is 846. The smallest absolute Gasteiger partial charge is 0.217 e. The van der Waals surface area contributed by atoms with Crippen molar-refractivity contribution in [1.29, 1.82) is 0 Å². The number of benzene rings is 2. The van der Waals surface area contributed by atoms with Gasteiger partial charge in [-0.2, -0.15) is 10.6 Å². The SMILES string of the molecule is CC(=O)NCc1ccc(Oc2ccc3c(c2)S(O)(O)CCC3C2CC2)cc1. The maximum atomic E-state index is 11.0. The van der Waals surface area contributed by atoms with E-state index in [1.54, 1.807) is 6.07 Å². The maximum absolute atomic E-state index is 11.0. The molecule has 27 heavy (non-hydrogen) atoms. The lowest BCUT2D eigenvalue weighted by molar-refractivity contribution is -0.119. The van der Waals surface area contributed by atoms with E-state index in [2.05, 4.69) is 5.32 Å². The summed E-state index contributed by atoms with van der Waals surface area (Å²) < 4.78 is 27.0. The van der Waals surface area contributed by atoms with E-state index < -0.39 is 10.6 Å². The standard InChI is InChI=1S/C21H25NO4S/c1-14(23)22-13-15-2-6-17(7-3-15)26-18-8-9-20-19(16-4-5-16)10-11-27(24,25)21(20)12-18/h2-3,6-9,12,16,19,24-25H,4-5,10-11,13H2,1H3,(H,22,23). The number of carbonyl (C=O) groups is 1. The highest BCUT2D eigenvalue weighted by atomic mass is 32.3. The molecule has 144 valence electrons. The molecule has 0 radical (unpaired) electrons. The molecule has 6 heteroatoms. The van der Waals surface area contributed by atoms with Gasteiger partial charge in [0.25, 0.3) is 0 Å². The van der Waals surface area contributed by atoms with Gasteiger partial charge in [-0.25, -0.2) is 0 Å². The van der Waals surface area contributed by atoms with Crippen LogP contribution in [-0.2, 0) is 11.3 Å². The van der Waals surface area contributed by atoms with Gasteiger partial charge in [0.05, 0.1) is 4.90 Å². The van der Waals surface area contributed by atoms with E-state index in [1.165, 1.54) is 19.8 Å². The third kappa shape index (κ3) is 4.13. The summed E-state index contributed by atoms with van der Waals surface area (Å²) >= 11 is 0. The first-order valence-electron chi connectivity index (χ1n) is 9.33. The van der Waals surface area contributed by atoms with Gasteiger partial charge in [-0.1, -0.05) is 18.2 Å². The number of fused-ring (bicyclic) bond motifs is 1. The van der Waals surface area contributed by atoms with Gasteiger partial charge in [0.15, 0.2) is 0 Å². The topological polar surface area (TPSA) is 78.8 Å². The summed E-state index contributed by atoms with van der Waals surface area (Å²) in [5, 5.41) is 2.76. The molecule has 3 N–H and O–H groups in total. The lowest BCUT2D eigenvalue weighted by Crippen LogP contribution is -2.19. The van der Waals surface area contributed by atoms with E-state index >= 15 is 0 Å². The molecular formula is C21H25NO4S. The van der Waals surface area contributed by atoms with Gasteiger partial charge in [0.2, 0.25) is 5.91 Å². The summed E-state index contributed by atoms with van der Waals surface area (Å²) in [7, 11) is -2.74. The van der Waals surface area contributed by atoms with Crippen LogP contribution in [0, 0.1) is 5.92 Å². The first kappa shape index (κ1) is 18.3. The summed E-state index contributed by atoms with van der Waals surface area (Å²) in [4.78, 5) is 11.6. The minimum absolute atomic E-state index is 0.0621. The molecule has 0 saturated heterocycles. The quantitative estimate of drug-likeness (QED) is 0.665. The average Bonchev–Trinajstić information content (AvgIpc) is 3.47. The van der Waals surface area contributed by atoms with Crippen LogP contribution in [0.3, 0.4) is 0 Å². The van der Waals surface area contributed by atoms with Gasteiger partial charge < -0.3 is 10.1 Å². The molecule has 1 saturated carbocycles. The first-order valence-corrected chi connectivity index (χ1v) is 11.0. The molecule has 4 rings (SSSR count). The molecule has 1 amide bonds. The van der Waals surface area contributed by atoms with Gasteiger partial charge in [0, 0.05) is 25.3 Å². The van der Waals surface area contributed by atoms with E-state index in [0.29, 0.717) is 40.5 Å². The number of nitrogens with one attached hydrogen (secondary N) is 1. The summed E-state index contributed by atoms with van der Waals surface area (Å²) in [5.41, 5.74) is 2.08. The molecule has 5 nitrogen and oxygen atoms in total. The van der Waals surface area contributed by atoms with Crippen LogP contribution in [0.25, 0.3) is 0 Å². The average molecular weight is 388 g/mol. The van der Waals surface area contributed by atoms with Crippen molar-refractivity contribution in [3.63, 3.8) is 0 Å². The molecule has 1 heterocycles. The molecule has 2 aromatic carbocycles. The van der Waals surface area contributed by atoms with Crippen LogP contribution in [0.1, 0.15) is 43.2 Å². The zero-order valence-corrected chi connectivity index (χ0v) is 16.2. The predicted molar refractivity (Wildman–Crippen MR) is 107 cm³/mol. The highest BCUT2D eigenvalue weighted by Gasteiger charge is 2.39. The van der Waals surface area contributed by atoms with E-state index in [1.807, 2.05) is 36.4 Å². The molecule has 1 unspecified atom stereocenters. The Morgan fingerprint density at radius 3 is 2.48 bits per heavy atom. The Balaban J connectivity index is 1.52. The van der Waals surface area contributed by atoms with Crippen LogP contribution in [0.2, 0.25) is 0 Å². The minimum atomic E-state index is -2.74. The van der Waals surface area contributed by atoms with Gasteiger partial charge in [-0.05, 0) is 60.4 Å². The van der Waals surface area contributed by atoms with Crippen molar-refractivity contribution in [2.45, 2.75) is 43.5 Å². The fraction of sp³-hybridized carbons (Fsp3) is 0.381. The number of ether oxygens (including phenoxy) is 1. The van der Waals surface area contributed by atoms with Crippen LogP contribution in [0.4, 0.5) is 0 Å². The number of rotatable bonds is 5. The highest BCUT2D eigenvalue weighted by Crippen LogP contribution is 2.61. The second-order valence-corrected chi connectivity index (χ2v) is 9.64. The van der Waals surface area contributed by atoms with Crippen LogP contribution in [0.15, 0.2) is 47.4 Å². The van der Waals surface area contributed by atoms with Crippen molar-refractivity contribution in [3.05, 3.63) is 53.6 Å². The van der Waals surface area contributed by atoms with Crippen LogP contribution in [-0.4, -0.2) is 20.8 Å². The molecule has 1 atom stereocenters. The largest absolute Gasteiger partial charge is 0.457 e. The molecule has 0 aromatic heterocycles. The van der Waals surface area contributed by atoms with Crippen LogP contribution >= 0.6 is 10.6 Å². The number of hydrogen-bond donors (Lipinski definition) is 3. The Hall–Kier alpha value is -2.02. The zero-order chi connectivity index (χ0) is 19.0. The predicted octanol–water partition coefficient (Wildman–Crippen LogP) is 5.12. The normalized spacial score (nSPS) is 21.8. The molecule has 0 bridgehead atoms. The van der Waals surface area contributed by atoms with Crippen LogP contribution in [0.5, 0.6) is 11.5 Å². The molecular weight excluding hydrogens is 362 g/mol. The molecule has 2 aliphatic rings. The second kappa shape index (κ2) is 7.19. The fourth-order valence-electron chi connectivity index (χ4n) is 3.75. The number of carbonyl (C=O) groups excluding carboxylic acids is 1. The lowest BCUT2D eigenvalue weighted by atomic mass is 9.91. The monoisotopic (exact) mass is 387 g/mol. The van der Waals surface area contributed by atoms with Gasteiger partial charge >= 0.3 is 0 Å². The summed E-state index contributed by atoms with van der Waals surface area (Å²) in [6, 6.07) is 13.2. The van der Waals surface area contributed by atoms with E-state index in [4.69, 9.17) is 4.74 Å². The van der Waals surface area contributed by atoms with Gasteiger partial charge in [-0.3, -0.25) is 13.9 Å². The van der Waals surface area contributed by atoms with Gasteiger partial charge in [0.1, 0.15) is 11.5 Å². The minimum Gasteiger partial charge on any atom is -0.457 e. The van der Waals surface area contributed by atoms with Gasteiger partial charge in [-0.15, -0.1) is 0 Å². The fourth-order valence-corrected chi connectivity index (χ4v) is 5.45. The Morgan fingerprint density at radius 1 is 1.11 bits per heavy atom. The summed E-state index contributed by atoms with van der Waals surface area (Å²) in [6.45, 7) is 1.98. The van der Waals surface area contributed by atoms with E-state index in [-0.39, 0.29) is 5.91 Å². The van der Waals surface area contributed by atoms with Crippen molar-refractivity contribution < 1.29 is 18.6 Å². The lowest BCUT2D eigenvalue weighted by Gasteiger charge is -2.41. The zero-order valence-electron chi connectivity index (χ0n) is 15.4. The Kier molecular flexibility index (Phi) is 4.88. The van der Waals surface area contributed by atoms with Crippen molar-refractivity contribution in [1.82, 2.24) is 5.32 Å². The Labute approximate surface area is 161 Å². The highest BCUT2D eigenvalue weighted by molar-refractivity contribution is 8.24. The molecule has 0 spiro atoms. The van der Waals surface area contributed by atoms with E-state index in [0.717, 1.165) is 17.5 Å². The van der Waals surface area contributed by atoms with Crippen molar-refractivity contribution >= 4 is 16.5 Å². The van der Waals surface area contributed by atoms with Crippen molar-refractivity contribution in [2.24, 2.45) is 5.92 Å². The molecule has 1 aliphatic carbocycles. The second-order valence-electron chi connectivity index (χ2n) is 7.46. The third-order valence-electron chi connectivity index (χ3n) is 5.34. The summed E-state index contributed by atoms with van der Waals surface area (Å²) in [6.07, 6.45) is 3.34. The molecule has 1 fully saturated rings. The first-order chi connectivity index (χ1) is 12.9. The maximum Gasteiger partial charge on any atom is 0.217 e. The van der Waals surface area contributed by atoms with Crippen molar-refractivity contribution in [3.8, 4) is 11.5 Å². The number of amides is 1. The number of hydrogen-bond acceptors (Lipinski definition) is 4. The van der Waals surface area contributed by atoms with Crippen LogP contribution < -0.4 is 10.1 Å². The van der Waals surface area contributed by atoms with E-state index in [9.17, 15) is 13.9 Å². The van der Waals surface area contributed by atoms with Crippen molar-refractivity contribution in [2.75, 3.05) is 5.75 Å². The summed E-state index contributed by atoms with van der Waals surface area (Å²) in [5.74, 6) is 2.81.